The van der Waals surface area contributed by atoms with E-state index in [2.05, 4.69) is 6.92 Å². The molecule has 0 aromatic heterocycles. The van der Waals surface area contributed by atoms with Gasteiger partial charge in [0, 0.05) is 6.61 Å². The van der Waals surface area contributed by atoms with E-state index < -0.39 is 5.97 Å². The zero-order valence-corrected chi connectivity index (χ0v) is 13.0. The highest BCUT2D eigenvalue weighted by Crippen LogP contribution is 2.06. The minimum atomic E-state index is -1.00. The Kier molecular flexibility index (Phi) is 10.9. The normalized spacial score (nSPS) is 11.7. The van der Waals surface area contributed by atoms with Gasteiger partial charge in [0.15, 0.2) is 0 Å². The third-order valence-electron chi connectivity index (χ3n) is 3.29. The molecule has 0 spiro atoms. The maximum atomic E-state index is 10.5. The molecule has 0 atom stereocenters. The molecule has 0 unspecified atom stereocenters. The van der Waals surface area contributed by atoms with Gasteiger partial charge in [-0.1, -0.05) is 45.4 Å². The van der Waals surface area contributed by atoms with Crippen molar-refractivity contribution in [1.29, 1.82) is 0 Å². The average Bonchev–Trinajstić information content (AvgIpc) is 2.30. The summed E-state index contributed by atoms with van der Waals surface area (Å²) in [6, 6.07) is 0. The van der Waals surface area contributed by atoms with Crippen molar-refractivity contribution in [3.63, 3.8) is 0 Å². The van der Waals surface area contributed by atoms with E-state index in [1.54, 1.807) is 0 Å². The Morgan fingerprint density at radius 1 is 1.00 bits per heavy atom. The van der Waals surface area contributed by atoms with E-state index in [0.29, 0.717) is 17.6 Å². The highest BCUT2D eigenvalue weighted by Gasteiger charge is 2.14. The number of carbonyl (C=O) groups is 1. The Balaban J connectivity index is 3.28. The van der Waals surface area contributed by atoms with E-state index >= 15 is 0 Å². The number of carbonyl (C=O) groups excluding carboxylic acids is 1. The van der Waals surface area contributed by atoms with Crippen LogP contribution in [0.4, 0.5) is 0 Å². The smallest absolute Gasteiger partial charge is 0.119 e. The summed E-state index contributed by atoms with van der Waals surface area (Å²) in [6.07, 6.45) is 8.98. The van der Waals surface area contributed by atoms with Crippen LogP contribution in [0.15, 0.2) is 0 Å². The summed E-state index contributed by atoms with van der Waals surface area (Å²) >= 11 is 0. The minimum Gasteiger partial charge on any atom is -0.544 e. The number of carboxylic acid groups (broad SMARTS) is 1. The standard InChI is InChI=1S/C15H31NO3/c1-4-5-6-7-8-9-10-12-19-13-11-16(2,3)14-15(17)18/h4-14H2,1-3H3. The number of carboxylic acids is 1. The average molecular weight is 273 g/mol. The van der Waals surface area contributed by atoms with Crippen LogP contribution in [-0.4, -0.2) is 50.9 Å². The van der Waals surface area contributed by atoms with Crippen LogP contribution < -0.4 is 5.11 Å². The molecule has 0 rings (SSSR count). The minimum absolute atomic E-state index is 0.0424. The van der Waals surface area contributed by atoms with Crippen LogP contribution in [0.3, 0.4) is 0 Å². The highest BCUT2D eigenvalue weighted by molar-refractivity contribution is 5.65. The number of ether oxygens (including phenoxy) is 1. The van der Waals surface area contributed by atoms with Gasteiger partial charge >= 0.3 is 0 Å². The van der Waals surface area contributed by atoms with Crippen molar-refractivity contribution < 1.29 is 19.1 Å². The van der Waals surface area contributed by atoms with E-state index in [4.69, 9.17) is 4.74 Å². The van der Waals surface area contributed by atoms with Crippen LogP contribution in [0.25, 0.3) is 0 Å². The summed E-state index contributed by atoms with van der Waals surface area (Å²) in [5.74, 6) is -1.00. The summed E-state index contributed by atoms with van der Waals surface area (Å²) < 4.78 is 5.97. The fourth-order valence-electron chi connectivity index (χ4n) is 2.00. The van der Waals surface area contributed by atoms with E-state index in [9.17, 15) is 9.90 Å². The quantitative estimate of drug-likeness (QED) is 0.378. The van der Waals surface area contributed by atoms with Gasteiger partial charge in [0.1, 0.15) is 13.1 Å². The predicted octanol–water partition coefficient (Wildman–Crippen LogP) is 1.58. The van der Waals surface area contributed by atoms with E-state index in [1.165, 1.54) is 38.5 Å². The lowest BCUT2D eigenvalue weighted by Gasteiger charge is -2.29. The van der Waals surface area contributed by atoms with Crippen LogP contribution in [0.5, 0.6) is 0 Å². The van der Waals surface area contributed by atoms with Crippen molar-refractivity contribution in [2.24, 2.45) is 0 Å². The monoisotopic (exact) mass is 273 g/mol. The predicted molar refractivity (Wildman–Crippen MR) is 75.7 cm³/mol. The molecule has 4 nitrogen and oxygen atoms in total. The number of hydrogen-bond acceptors (Lipinski definition) is 3. The molecule has 0 radical (unpaired) electrons. The van der Waals surface area contributed by atoms with Crippen molar-refractivity contribution in [1.82, 2.24) is 0 Å². The van der Waals surface area contributed by atoms with Gasteiger partial charge in [-0.15, -0.1) is 0 Å². The Hall–Kier alpha value is -0.610. The number of likely N-dealkylation sites (N-methyl/N-ethyl adjacent to an activating group) is 1. The summed E-state index contributed by atoms with van der Waals surface area (Å²) in [7, 11) is 3.76. The molecule has 0 aliphatic heterocycles. The Morgan fingerprint density at radius 3 is 2.16 bits per heavy atom. The molecule has 4 heteroatoms. The number of unbranched alkanes of at least 4 members (excludes halogenated alkanes) is 6. The van der Waals surface area contributed by atoms with Crippen LogP contribution in [0, 0.1) is 0 Å². The van der Waals surface area contributed by atoms with Crippen molar-refractivity contribution in [2.45, 2.75) is 51.9 Å². The Bertz CT molecular complexity index is 229. The fraction of sp³-hybridized carbons (Fsp3) is 0.933. The van der Waals surface area contributed by atoms with Crippen LogP contribution in [-0.2, 0) is 9.53 Å². The number of quaternary nitrogens is 1. The molecule has 0 aromatic carbocycles. The zero-order chi connectivity index (χ0) is 14.6. The number of aliphatic carboxylic acids is 1. The zero-order valence-electron chi connectivity index (χ0n) is 13.0. The molecule has 0 aliphatic carbocycles. The summed E-state index contributed by atoms with van der Waals surface area (Å²) in [6.45, 7) is 4.40. The van der Waals surface area contributed by atoms with Gasteiger partial charge in [0.25, 0.3) is 0 Å². The van der Waals surface area contributed by atoms with Crippen molar-refractivity contribution >= 4 is 5.97 Å². The second-order valence-electron chi connectivity index (χ2n) is 5.92. The molecule has 0 N–H and O–H groups in total. The summed E-state index contributed by atoms with van der Waals surface area (Å²) in [5, 5.41) is 10.5. The SMILES string of the molecule is CCCCCCCCCOCC[N+](C)(C)CC(=O)[O-]. The van der Waals surface area contributed by atoms with Gasteiger partial charge in [-0.25, -0.2) is 0 Å². The third kappa shape index (κ3) is 13.6. The number of hydrogen-bond donors (Lipinski definition) is 0. The first-order valence-electron chi connectivity index (χ1n) is 7.57. The molecule has 0 bridgehead atoms. The second-order valence-corrected chi connectivity index (χ2v) is 5.92. The molecular weight excluding hydrogens is 242 g/mol. The van der Waals surface area contributed by atoms with Gasteiger partial charge in [-0.2, -0.15) is 0 Å². The molecular formula is C15H31NO3. The lowest BCUT2D eigenvalue weighted by Crippen LogP contribution is -2.49. The molecule has 0 saturated heterocycles. The lowest BCUT2D eigenvalue weighted by molar-refractivity contribution is -0.885. The molecule has 0 heterocycles. The molecule has 19 heavy (non-hydrogen) atoms. The first-order valence-corrected chi connectivity index (χ1v) is 7.57. The number of rotatable bonds is 13. The van der Waals surface area contributed by atoms with E-state index in [-0.39, 0.29) is 6.54 Å². The topological polar surface area (TPSA) is 49.4 Å². The van der Waals surface area contributed by atoms with Crippen molar-refractivity contribution in [3.8, 4) is 0 Å². The second kappa shape index (κ2) is 11.2. The van der Waals surface area contributed by atoms with Crippen LogP contribution in [0.2, 0.25) is 0 Å². The molecule has 114 valence electrons. The molecule has 0 saturated carbocycles. The van der Waals surface area contributed by atoms with Gasteiger partial charge in [-0.3, -0.25) is 0 Å². The lowest BCUT2D eigenvalue weighted by atomic mass is 10.1. The Labute approximate surface area is 118 Å². The molecule has 0 aromatic rings. The highest BCUT2D eigenvalue weighted by atomic mass is 16.5. The van der Waals surface area contributed by atoms with Crippen molar-refractivity contribution in [3.05, 3.63) is 0 Å². The van der Waals surface area contributed by atoms with Gasteiger partial charge in [0.05, 0.1) is 26.7 Å². The summed E-state index contributed by atoms with van der Waals surface area (Å²) in [4.78, 5) is 10.5. The van der Waals surface area contributed by atoms with Gasteiger partial charge in [-0.05, 0) is 6.42 Å². The first-order chi connectivity index (χ1) is 8.98. The fourth-order valence-corrected chi connectivity index (χ4v) is 2.00. The van der Waals surface area contributed by atoms with Gasteiger partial charge in [0.2, 0.25) is 0 Å². The largest absolute Gasteiger partial charge is 0.544 e. The van der Waals surface area contributed by atoms with Gasteiger partial charge < -0.3 is 19.1 Å². The summed E-state index contributed by atoms with van der Waals surface area (Å²) in [5.41, 5.74) is 0. The molecule has 0 amide bonds. The Morgan fingerprint density at radius 2 is 1.58 bits per heavy atom. The first kappa shape index (κ1) is 18.4. The van der Waals surface area contributed by atoms with E-state index in [1.807, 2.05) is 14.1 Å². The molecule has 0 aliphatic rings. The van der Waals surface area contributed by atoms with E-state index in [0.717, 1.165) is 13.0 Å². The van der Waals surface area contributed by atoms with Crippen LogP contribution >= 0.6 is 0 Å². The van der Waals surface area contributed by atoms with Crippen LogP contribution in [0.1, 0.15) is 51.9 Å². The maximum Gasteiger partial charge on any atom is 0.119 e. The maximum absolute atomic E-state index is 10.5. The molecule has 0 fully saturated rings. The van der Waals surface area contributed by atoms with Crippen molar-refractivity contribution in [2.75, 3.05) is 40.4 Å². The number of nitrogens with zero attached hydrogens (tertiary/aromatic N) is 1. The third-order valence-corrected chi connectivity index (χ3v) is 3.29.